The molecule has 0 unspecified atom stereocenters. The normalized spacial score (nSPS) is 24.3. The van der Waals surface area contributed by atoms with Crippen molar-refractivity contribution >= 4 is 5.91 Å². The van der Waals surface area contributed by atoms with Gasteiger partial charge in [-0.1, -0.05) is 12.1 Å². The minimum Gasteiger partial charge on any atom is -0.333 e. The molecule has 3 heterocycles. The van der Waals surface area contributed by atoms with Crippen molar-refractivity contribution in [3.8, 4) is 5.69 Å². The Morgan fingerprint density at radius 2 is 1.75 bits per heavy atom. The van der Waals surface area contributed by atoms with Crippen LogP contribution in [0.25, 0.3) is 5.69 Å². The molecule has 4 nitrogen and oxygen atoms in total. The molecule has 2 aliphatic rings. The minimum atomic E-state index is 0.168. The lowest BCUT2D eigenvalue weighted by atomic mass is 10.0. The van der Waals surface area contributed by atoms with Crippen LogP contribution in [0, 0.1) is 0 Å². The lowest BCUT2D eigenvalue weighted by Crippen LogP contribution is -2.35. The summed E-state index contributed by atoms with van der Waals surface area (Å²) in [4.78, 5) is 15.0. The van der Waals surface area contributed by atoms with Gasteiger partial charge in [0.15, 0.2) is 0 Å². The minimum absolute atomic E-state index is 0.168. The quantitative estimate of drug-likeness (QED) is 0.839. The maximum Gasteiger partial charge on any atom is 0.256 e. The molecule has 1 aromatic carbocycles. The van der Waals surface area contributed by atoms with Crippen LogP contribution < -0.4 is 0 Å². The fraction of sp³-hybridized carbons (Fsp3) is 0.375. The van der Waals surface area contributed by atoms with Gasteiger partial charge in [-0.15, -0.1) is 0 Å². The second-order valence-corrected chi connectivity index (χ2v) is 5.64. The topological polar surface area (TPSA) is 38.1 Å². The van der Waals surface area contributed by atoms with E-state index in [1.807, 2.05) is 36.5 Å². The van der Waals surface area contributed by atoms with E-state index in [1.165, 1.54) is 25.7 Å². The summed E-state index contributed by atoms with van der Waals surface area (Å²) in [5.41, 5.74) is 1.63. The molecule has 0 aliphatic carbocycles. The van der Waals surface area contributed by atoms with E-state index >= 15 is 0 Å². The van der Waals surface area contributed by atoms with E-state index in [9.17, 15) is 4.79 Å². The predicted octanol–water partition coefficient (Wildman–Crippen LogP) is 2.64. The van der Waals surface area contributed by atoms with Gasteiger partial charge in [-0.3, -0.25) is 4.79 Å². The molecule has 4 rings (SSSR count). The number of aromatic nitrogens is 2. The highest BCUT2D eigenvalue weighted by molar-refractivity contribution is 5.98. The van der Waals surface area contributed by atoms with Crippen LogP contribution in [0.5, 0.6) is 0 Å². The number of rotatable bonds is 2. The Bertz CT molecular complexity index is 615. The van der Waals surface area contributed by atoms with E-state index < -0.39 is 0 Å². The van der Waals surface area contributed by atoms with E-state index in [4.69, 9.17) is 0 Å². The highest BCUT2D eigenvalue weighted by Gasteiger charge is 2.42. The van der Waals surface area contributed by atoms with Crippen molar-refractivity contribution in [2.24, 2.45) is 0 Å². The lowest BCUT2D eigenvalue weighted by Gasteiger charge is -2.23. The van der Waals surface area contributed by atoms with Crippen LogP contribution >= 0.6 is 0 Å². The number of para-hydroxylation sites is 1. The number of nitrogens with zero attached hydrogens (tertiary/aromatic N) is 3. The highest BCUT2D eigenvalue weighted by Crippen LogP contribution is 2.38. The molecule has 1 amide bonds. The summed E-state index contributed by atoms with van der Waals surface area (Å²) >= 11 is 0. The second-order valence-electron chi connectivity index (χ2n) is 5.64. The zero-order valence-corrected chi connectivity index (χ0v) is 11.3. The van der Waals surface area contributed by atoms with Gasteiger partial charge in [0.1, 0.15) is 0 Å². The molecule has 0 atom stereocenters. The number of hydrogen-bond acceptors (Lipinski definition) is 2. The van der Waals surface area contributed by atoms with Gasteiger partial charge in [0, 0.05) is 24.5 Å². The monoisotopic (exact) mass is 267 g/mol. The number of carbonyl (C=O) groups excluding carboxylic acids is 1. The SMILES string of the molecule is O=C(c1ccccc1-n1cccn1)N1C2CCC1CC2. The fourth-order valence-electron chi connectivity index (χ4n) is 3.65. The van der Waals surface area contributed by atoms with Crippen molar-refractivity contribution in [2.75, 3.05) is 0 Å². The number of fused-ring (bicyclic) bond motifs is 2. The number of amides is 1. The van der Waals surface area contributed by atoms with Crippen molar-refractivity contribution in [1.82, 2.24) is 14.7 Å². The van der Waals surface area contributed by atoms with Crippen molar-refractivity contribution in [1.29, 1.82) is 0 Å². The molecule has 4 heteroatoms. The molecule has 2 aromatic rings. The van der Waals surface area contributed by atoms with Crippen molar-refractivity contribution in [3.05, 3.63) is 48.3 Å². The molecule has 0 saturated carbocycles. The summed E-state index contributed by atoms with van der Waals surface area (Å²) in [5, 5.41) is 4.26. The molecule has 0 spiro atoms. The first-order chi connectivity index (χ1) is 9.84. The Balaban J connectivity index is 1.74. The van der Waals surface area contributed by atoms with Crippen LogP contribution in [0.1, 0.15) is 36.0 Å². The van der Waals surface area contributed by atoms with Crippen molar-refractivity contribution < 1.29 is 4.79 Å². The van der Waals surface area contributed by atoms with Gasteiger partial charge in [-0.25, -0.2) is 4.68 Å². The Kier molecular flexibility index (Phi) is 2.62. The van der Waals surface area contributed by atoms with E-state index in [1.54, 1.807) is 10.9 Å². The first kappa shape index (κ1) is 11.7. The molecule has 2 aliphatic heterocycles. The third kappa shape index (κ3) is 1.68. The summed E-state index contributed by atoms with van der Waals surface area (Å²) in [6, 6.07) is 10.5. The lowest BCUT2D eigenvalue weighted by molar-refractivity contribution is 0.0729. The van der Waals surface area contributed by atoms with Gasteiger partial charge < -0.3 is 4.90 Å². The standard InChI is InChI=1S/C16H17N3O/c20-16(19-12-6-7-13(19)9-8-12)14-4-1-2-5-15(14)18-11-3-10-17-18/h1-5,10-13H,6-9H2. The molecule has 0 radical (unpaired) electrons. The average Bonchev–Trinajstić information content (AvgIpc) is 3.23. The number of hydrogen-bond donors (Lipinski definition) is 0. The third-order valence-corrected chi connectivity index (χ3v) is 4.57. The van der Waals surface area contributed by atoms with Crippen LogP contribution in [0.2, 0.25) is 0 Å². The Morgan fingerprint density at radius 1 is 1.05 bits per heavy atom. The predicted molar refractivity (Wildman–Crippen MR) is 75.8 cm³/mol. The van der Waals surface area contributed by atoms with E-state index in [0.717, 1.165) is 11.3 Å². The van der Waals surface area contributed by atoms with Gasteiger partial charge in [-0.05, 0) is 43.9 Å². The van der Waals surface area contributed by atoms with Crippen LogP contribution in [0.3, 0.4) is 0 Å². The van der Waals surface area contributed by atoms with Gasteiger partial charge in [0.2, 0.25) is 0 Å². The molecule has 102 valence electrons. The smallest absolute Gasteiger partial charge is 0.256 e. The van der Waals surface area contributed by atoms with Crippen LogP contribution in [-0.4, -0.2) is 32.7 Å². The van der Waals surface area contributed by atoms with Crippen molar-refractivity contribution in [3.63, 3.8) is 0 Å². The zero-order chi connectivity index (χ0) is 13.5. The molecule has 2 bridgehead atoms. The van der Waals surface area contributed by atoms with Crippen molar-refractivity contribution in [2.45, 2.75) is 37.8 Å². The highest BCUT2D eigenvalue weighted by atomic mass is 16.2. The van der Waals surface area contributed by atoms with Crippen LogP contribution in [0.15, 0.2) is 42.7 Å². The summed E-state index contributed by atoms with van der Waals surface area (Å²) < 4.78 is 1.77. The van der Waals surface area contributed by atoms with E-state index in [0.29, 0.717) is 12.1 Å². The zero-order valence-electron chi connectivity index (χ0n) is 11.3. The maximum atomic E-state index is 12.9. The number of benzene rings is 1. The van der Waals surface area contributed by atoms with E-state index in [2.05, 4.69) is 10.00 Å². The van der Waals surface area contributed by atoms with Gasteiger partial charge in [-0.2, -0.15) is 5.10 Å². The van der Waals surface area contributed by atoms with Gasteiger partial charge in [0.25, 0.3) is 5.91 Å². The first-order valence-electron chi connectivity index (χ1n) is 7.26. The van der Waals surface area contributed by atoms with Gasteiger partial charge >= 0.3 is 0 Å². The summed E-state index contributed by atoms with van der Waals surface area (Å²) in [5.74, 6) is 0.168. The second kappa shape index (κ2) is 4.47. The maximum absolute atomic E-state index is 12.9. The molecule has 20 heavy (non-hydrogen) atoms. The number of carbonyl (C=O) groups is 1. The Labute approximate surface area is 118 Å². The van der Waals surface area contributed by atoms with E-state index in [-0.39, 0.29) is 5.91 Å². The Morgan fingerprint density at radius 3 is 2.40 bits per heavy atom. The molecule has 0 N–H and O–H groups in total. The fourth-order valence-corrected chi connectivity index (χ4v) is 3.65. The first-order valence-corrected chi connectivity index (χ1v) is 7.26. The largest absolute Gasteiger partial charge is 0.333 e. The van der Waals surface area contributed by atoms with Crippen LogP contribution in [0.4, 0.5) is 0 Å². The summed E-state index contributed by atoms with van der Waals surface area (Å²) in [7, 11) is 0. The molecule has 2 saturated heterocycles. The Hall–Kier alpha value is -2.10. The average molecular weight is 267 g/mol. The summed E-state index contributed by atoms with van der Waals surface area (Å²) in [6.45, 7) is 0. The van der Waals surface area contributed by atoms with Crippen LogP contribution in [-0.2, 0) is 0 Å². The molecular weight excluding hydrogens is 250 g/mol. The summed E-state index contributed by atoms with van der Waals surface area (Å²) in [6.07, 6.45) is 8.28. The third-order valence-electron chi connectivity index (χ3n) is 4.57. The molecule has 2 fully saturated rings. The molecular formula is C16H17N3O. The molecule has 1 aromatic heterocycles. The van der Waals surface area contributed by atoms with Gasteiger partial charge in [0.05, 0.1) is 11.3 Å².